The molecular formula is C19H25N3O3S. The van der Waals surface area contributed by atoms with E-state index in [0.717, 1.165) is 37.0 Å². The lowest BCUT2D eigenvalue weighted by Crippen LogP contribution is -2.67. The molecular weight excluding hydrogens is 350 g/mol. The minimum Gasteiger partial charge on any atom is -0.329 e. The molecule has 1 aliphatic carbocycles. The van der Waals surface area contributed by atoms with Crippen molar-refractivity contribution in [1.82, 2.24) is 14.7 Å². The summed E-state index contributed by atoms with van der Waals surface area (Å²) in [4.78, 5) is 44.8. The van der Waals surface area contributed by atoms with Crippen LogP contribution in [0, 0.1) is 0 Å². The van der Waals surface area contributed by atoms with E-state index in [1.807, 2.05) is 22.4 Å². The van der Waals surface area contributed by atoms with Gasteiger partial charge in [-0.3, -0.25) is 14.5 Å². The Labute approximate surface area is 157 Å². The topological polar surface area (TPSA) is 60.9 Å². The molecule has 3 aliphatic rings. The fourth-order valence-corrected chi connectivity index (χ4v) is 5.40. The van der Waals surface area contributed by atoms with Gasteiger partial charge in [-0.15, -0.1) is 11.3 Å². The smallest absolute Gasteiger partial charge is 0.327 e. The van der Waals surface area contributed by atoms with Crippen molar-refractivity contribution in [3.05, 3.63) is 22.4 Å². The molecule has 2 atom stereocenters. The molecule has 4 amide bonds. The van der Waals surface area contributed by atoms with Crippen LogP contribution in [0.5, 0.6) is 0 Å². The number of rotatable bonds is 3. The standard InChI is InChI=1S/C19H25N3O3S/c1-13(23)20-10-9-16-17(20)18(24)22(14-6-3-2-4-7-14)19(25)21(16)12-15-8-5-11-26-15/h5,8,11,14,16-17H,2-4,6-7,9-10,12H2,1H3. The molecule has 7 heteroatoms. The largest absolute Gasteiger partial charge is 0.329 e. The van der Waals surface area contributed by atoms with Crippen LogP contribution in [0.3, 0.4) is 0 Å². The molecule has 3 heterocycles. The summed E-state index contributed by atoms with van der Waals surface area (Å²) >= 11 is 1.62. The predicted molar refractivity (Wildman–Crippen MR) is 98.6 cm³/mol. The van der Waals surface area contributed by atoms with E-state index in [2.05, 4.69) is 0 Å². The number of hydrogen-bond acceptors (Lipinski definition) is 4. The Bertz CT molecular complexity index is 699. The van der Waals surface area contributed by atoms with E-state index >= 15 is 0 Å². The zero-order chi connectivity index (χ0) is 18.3. The van der Waals surface area contributed by atoms with E-state index in [0.29, 0.717) is 19.5 Å². The van der Waals surface area contributed by atoms with Crippen LogP contribution in [0.25, 0.3) is 0 Å². The highest BCUT2D eigenvalue weighted by Gasteiger charge is 2.54. The number of amides is 4. The third-order valence-corrected chi connectivity index (χ3v) is 6.82. The summed E-state index contributed by atoms with van der Waals surface area (Å²) in [6.07, 6.45) is 5.70. The molecule has 0 bridgehead atoms. The molecule has 2 unspecified atom stereocenters. The Morgan fingerprint density at radius 1 is 1.19 bits per heavy atom. The van der Waals surface area contributed by atoms with E-state index in [9.17, 15) is 14.4 Å². The maximum Gasteiger partial charge on any atom is 0.327 e. The Balaban J connectivity index is 1.67. The van der Waals surface area contributed by atoms with Gasteiger partial charge in [-0.05, 0) is 30.7 Å². The second kappa shape index (κ2) is 7.02. The Hall–Kier alpha value is -1.89. The van der Waals surface area contributed by atoms with E-state index in [4.69, 9.17) is 0 Å². The molecule has 0 N–H and O–H groups in total. The number of thiophene rings is 1. The second-order valence-corrected chi connectivity index (χ2v) is 8.54. The maximum absolute atomic E-state index is 13.3. The van der Waals surface area contributed by atoms with Gasteiger partial charge in [0, 0.05) is 24.4 Å². The average molecular weight is 375 g/mol. The zero-order valence-corrected chi connectivity index (χ0v) is 15.9. The van der Waals surface area contributed by atoms with Crippen LogP contribution in [-0.4, -0.2) is 57.2 Å². The van der Waals surface area contributed by atoms with Gasteiger partial charge in [0.15, 0.2) is 0 Å². The van der Waals surface area contributed by atoms with E-state index in [1.165, 1.54) is 11.8 Å². The second-order valence-electron chi connectivity index (χ2n) is 7.50. The monoisotopic (exact) mass is 375 g/mol. The molecule has 1 aromatic heterocycles. The van der Waals surface area contributed by atoms with Gasteiger partial charge in [0.05, 0.1) is 12.6 Å². The van der Waals surface area contributed by atoms with Gasteiger partial charge in [0.2, 0.25) is 5.91 Å². The number of hydrogen-bond donors (Lipinski definition) is 0. The van der Waals surface area contributed by atoms with Gasteiger partial charge in [-0.25, -0.2) is 4.79 Å². The average Bonchev–Trinajstić information content (AvgIpc) is 3.29. The SMILES string of the molecule is CC(=O)N1CCC2C1C(=O)N(C1CCCCC1)C(=O)N2Cc1cccs1. The summed E-state index contributed by atoms with van der Waals surface area (Å²) < 4.78 is 0. The molecule has 4 rings (SSSR count). The fraction of sp³-hybridized carbons (Fsp3) is 0.632. The predicted octanol–water partition coefficient (Wildman–Crippen LogP) is 2.83. The molecule has 2 aliphatic heterocycles. The number of likely N-dealkylation sites (tertiary alicyclic amines) is 1. The van der Waals surface area contributed by atoms with Crippen LogP contribution < -0.4 is 0 Å². The van der Waals surface area contributed by atoms with Gasteiger partial charge < -0.3 is 9.80 Å². The third kappa shape index (κ3) is 2.92. The van der Waals surface area contributed by atoms with Crippen LogP contribution in [0.1, 0.15) is 50.3 Å². The summed E-state index contributed by atoms with van der Waals surface area (Å²) in [5, 5.41) is 2.00. The number of imide groups is 1. The van der Waals surface area contributed by atoms with Crippen LogP contribution >= 0.6 is 11.3 Å². The van der Waals surface area contributed by atoms with Crippen LogP contribution in [-0.2, 0) is 16.1 Å². The molecule has 6 nitrogen and oxygen atoms in total. The summed E-state index contributed by atoms with van der Waals surface area (Å²) in [6.45, 7) is 2.57. The van der Waals surface area contributed by atoms with Crippen molar-refractivity contribution in [2.75, 3.05) is 6.54 Å². The molecule has 1 saturated carbocycles. The minimum atomic E-state index is -0.521. The van der Waals surface area contributed by atoms with E-state index < -0.39 is 6.04 Å². The number of urea groups is 1. The van der Waals surface area contributed by atoms with Crippen LogP contribution in [0.15, 0.2) is 17.5 Å². The maximum atomic E-state index is 13.3. The molecule has 0 aromatic carbocycles. The Morgan fingerprint density at radius 3 is 2.62 bits per heavy atom. The van der Waals surface area contributed by atoms with Crippen LogP contribution in [0.2, 0.25) is 0 Å². The highest BCUT2D eigenvalue weighted by Crippen LogP contribution is 2.35. The van der Waals surface area contributed by atoms with E-state index in [-0.39, 0.29) is 29.9 Å². The van der Waals surface area contributed by atoms with Crippen molar-refractivity contribution < 1.29 is 14.4 Å². The first-order valence-electron chi connectivity index (χ1n) is 9.51. The Morgan fingerprint density at radius 2 is 1.96 bits per heavy atom. The highest BCUT2D eigenvalue weighted by atomic mass is 32.1. The molecule has 140 valence electrons. The van der Waals surface area contributed by atoms with Crippen molar-refractivity contribution in [3.63, 3.8) is 0 Å². The summed E-state index contributed by atoms with van der Waals surface area (Å²) in [6, 6.07) is 3.08. The minimum absolute atomic E-state index is 0.0232. The van der Waals surface area contributed by atoms with Crippen molar-refractivity contribution in [2.45, 2.75) is 70.1 Å². The fourth-order valence-electron chi connectivity index (χ4n) is 4.70. The zero-order valence-electron chi connectivity index (χ0n) is 15.1. The highest BCUT2D eigenvalue weighted by molar-refractivity contribution is 7.09. The first kappa shape index (κ1) is 17.5. The van der Waals surface area contributed by atoms with Crippen LogP contribution in [0.4, 0.5) is 4.79 Å². The number of fused-ring (bicyclic) bond motifs is 1. The van der Waals surface area contributed by atoms with E-state index in [1.54, 1.807) is 16.2 Å². The summed E-state index contributed by atoms with van der Waals surface area (Å²) in [5.41, 5.74) is 0. The normalized spacial score (nSPS) is 27.2. The number of nitrogens with zero attached hydrogens (tertiary/aromatic N) is 3. The summed E-state index contributed by atoms with van der Waals surface area (Å²) in [7, 11) is 0. The van der Waals surface area contributed by atoms with Crippen molar-refractivity contribution in [2.24, 2.45) is 0 Å². The quantitative estimate of drug-likeness (QED) is 0.816. The lowest BCUT2D eigenvalue weighted by Gasteiger charge is -2.46. The lowest BCUT2D eigenvalue weighted by atomic mass is 9.92. The van der Waals surface area contributed by atoms with Gasteiger partial charge >= 0.3 is 6.03 Å². The Kier molecular flexibility index (Phi) is 4.73. The molecule has 0 radical (unpaired) electrons. The lowest BCUT2D eigenvalue weighted by molar-refractivity contribution is -0.147. The molecule has 2 saturated heterocycles. The van der Waals surface area contributed by atoms with Gasteiger partial charge in [0.1, 0.15) is 6.04 Å². The summed E-state index contributed by atoms with van der Waals surface area (Å²) in [5.74, 6) is -0.248. The first-order chi connectivity index (χ1) is 12.6. The van der Waals surface area contributed by atoms with Crippen molar-refractivity contribution in [3.8, 4) is 0 Å². The number of carbonyl (C=O) groups excluding carboxylic acids is 3. The molecule has 1 aromatic rings. The van der Waals surface area contributed by atoms with Gasteiger partial charge in [0.25, 0.3) is 5.91 Å². The van der Waals surface area contributed by atoms with Crippen molar-refractivity contribution in [1.29, 1.82) is 0 Å². The molecule has 3 fully saturated rings. The van der Waals surface area contributed by atoms with Gasteiger partial charge in [-0.1, -0.05) is 25.3 Å². The first-order valence-corrected chi connectivity index (χ1v) is 10.4. The molecule has 26 heavy (non-hydrogen) atoms. The van der Waals surface area contributed by atoms with Crippen molar-refractivity contribution >= 4 is 29.2 Å². The van der Waals surface area contributed by atoms with Gasteiger partial charge in [-0.2, -0.15) is 0 Å². The number of carbonyl (C=O) groups is 3. The third-order valence-electron chi connectivity index (χ3n) is 5.96. The molecule has 0 spiro atoms.